The van der Waals surface area contributed by atoms with Gasteiger partial charge in [-0.1, -0.05) is 0 Å². The number of nitrogens with zero attached hydrogens (tertiary/aromatic N) is 1. The van der Waals surface area contributed by atoms with Crippen LogP contribution in [0.15, 0.2) is 63.0 Å². The molecular weight excluding hydrogens is 494 g/mol. The maximum atomic E-state index is 13.2. The molecule has 1 atom stereocenters. The summed E-state index contributed by atoms with van der Waals surface area (Å²) in [6, 6.07) is 12.3. The summed E-state index contributed by atoms with van der Waals surface area (Å²) in [5.41, 5.74) is 0.680. The van der Waals surface area contributed by atoms with E-state index in [0.717, 1.165) is 0 Å². The van der Waals surface area contributed by atoms with Gasteiger partial charge in [0.05, 0.1) is 17.2 Å². The number of ether oxygens (including phenoxy) is 3. The fraction of sp³-hybridized carbons (Fsp3) is 0.167. The molecule has 5 rings (SSSR count). The highest BCUT2D eigenvalue weighted by molar-refractivity contribution is 9.10. The van der Waals surface area contributed by atoms with Crippen LogP contribution in [0.4, 0.5) is 5.69 Å². The molecule has 33 heavy (non-hydrogen) atoms. The second kappa shape index (κ2) is 8.00. The Morgan fingerprint density at radius 3 is 2.58 bits per heavy atom. The number of benzene rings is 2. The molecule has 0 saturated carbocycles. The lowest BCUT2D eigenvalue weighted by atomic mass is 9.99. The van der Waals surface area contributed by atoms with Crippen molar-refractivity contribution in [2.75, 3.05) is 18.8 Å². The molecule has 1 N–H and O–H groups in total. The highest BCUT2D eigenvalue weighted by Gasteiger charge is 2.48. The summed E-state index contributed by atoms with van der Waals surface area (Å²) in [6.07, 6.45) is 0. The molecule has 1 saturated heterocycles. The van der Waals surface area contributed by atoms with Gasteiger partial charge >= 0.3 is 0 Å². The zero-order valence-corrected chi connectivity index (χ0v) is 19.2. The number of carbonyl (C=O) groups excluding carboxylic acids is 2. The van der Waals surface area contributed by atoms with Gasteiger partial charge < -0.3 is 23.7 Å². The topological polar surface area (TPSA) is 98.4 Å². The number of halogens is 1. The molecule has 1 aromatic heterocycles. The summed E-state index contributed by atoms with van der Waals surface area (Å²) in [5.74, 6) is 0.585. The number of anilines is 1. The van der Waals surface area contributed by atoms with Crippen molar-refractivity contribution in [1.29, 1.82) is 0 Å². The van der Waals surface area contributed by atoms with Crippen LogP contribution in [-0.4, -0.2) is 30.7 Å². The highest BCUT2D eigenvalue weighted by Crippen LogP contribution is 2.45. The first-order valence-electron chi connectivity index (χ1n) is 10.00. The van der Waals surface area contributed by atoms with Crippen LogP contribution < -0.4 is 19.1 Å². The quantitative estimate of drug-likeness (QED) is 0.307. The maximum Gasteiger partial charge on any atom is 0.300 e. The first kappa shape index (κ1) is 21.1. The number of hydrogen-bond acceptors (Lipinski definition) is 7. The third-order valence-electron chi connectivity index (χ3n) is 5.53. The monoisotopic (exact) mass is 511 g/mol. The van der Waals surface area contributed by atoms with E-state index < -0.39 is 17.7 Å². The molecule has 0 radical (unpaired) electrons. The molecule has 9 heteroatoms. The van der Waals surface area contributed by atoms with Crippen LogP contribution in [0.3, 0.4) is 0 Å². The average Bonchev–Trinajstić information content (AvgIpc) is 3.51. The van der Waals surface area contributed by atoms with Crippen molar-refractivity contribution in [2.24, 2.45) is 0 Å². The van der Waals surface area contributed by atoms with Crippen LogP contribution in [0.5, 0.6) is 17.2 Å². The summed E-state index contributed by atoms with van der Waals surface area (Å²) in [5, 5.41) is 11.2. The fourth-order valence-electron chi connectivity index (χ4n) is 3.97. The van der Waals surface area contributed by atoms with E-state index in [1.807, 2.05) is 0 Å². The lowest BCUT2D eigenvalue weighted by molar-refractivity contribution is -0.132. The highest BCUT2D eigenvalue weighted by atomic mass is 79.9. The van der Waals surface area contributed by atoms with Crippen LogP contribution in [-0.2, 0) is 9.59 Å². The predicted octanol–water partition coefficient (Wildman–Crippen LogP) is 4.71. The first-order valence-corrected chi connectivity index (χ1v) is 10.8. The Balaban J connectivity index is 1.69. The van der Waals surface area contributed by atoms with Crippen molar-refractivity contribution in [2.45, 2.75) is 13.0 Å². The number of furan rings is 1. The van der Waals surface area contributed by atoms with Gasteiger partial charge in [-0.15, -0.1) is 0 Å². The number of fused-ring (bicyclic) bond motifs is 1. The number of amides is 1. The molecule has 2 aromatic carbocycles. The molecule has 0 aliphatic carbocycles. The molecule has 3 aromatic rings. The van der Waals surface area contributed by atoms with Gasteiger partial charge in [0.25, 0.3) is 11.7 Å². The molecular formula is C24H18BrNO7. The molecule has 168 valence electrons. The summed E-state index contributed by atoms with van der Waals surface area (Å²) in [7, 11) is 1.52. The molecule has 0 spiro atoms. The van der Waals surface area contributed by atoms with Crippen LogP contribution >= 0.6 is 15.9 Å². The SMILES string of the molecule is COc1ccc(/C(O)=C2/C(=O)C(=O)N(c3ccc4c(c3)OCO4)C2c2ccc(C)o2)cc1Br. The van der Waals surface area contributed by atoms with Crippen molar-refractivity contribution in [3.8, 4) is 17.2 Å². The molecule has 1 unspecified atom stereocenters. The lowest BCUT2D eigenvalue weighted by Gasteiger charge is -2.23. The number of aliphatic hydroxyl groups is 1. The van der Waals surface area contributed by atoms with Gasteiger partial charge in [0.2, 0.25) is 6.79 Å². The summed E-state index contributed by atoms with van der Waals surface area (Å²) < 4.78 is 22.4. The Labute approximate surface area is 197 Å². The van der Waals surface area contributed by atoms with Crippen molar-refractivity contribution in [3.05, 3.63) is 75.7 Å². The number of carbonyl (C=O) groups is 2. The van der Waals surface area contributed by atoms with E-state index in [1.54, 1.807) is 55.5 Å². The molecule has 3 heterocycles. The standard InChI is InChI=1S/C24H18BrNO7/c1-12-3-6-18(33-12)21-20(22(27)13-4-7-16(30-2)15(25)9-13)23(28)24(29)26(21)14-5-8-17-19(10-14)32-11-31-17/h3-10,21,27H,11H2,1-2H3/b22-20-. The normalized spacial score (nSPS) is 18.8. The number of hydrogen-bond donors (Lipinski definition) is 1. The molecule has 1 amide bonds. The number of aryl methyl sites for hydroxylation is 1. The van der Waals surface area contributed by atoms with Crippen LogP contribution in [0.2, 0.25) is 0 Å². The third-order valence-corrected chi connectivity index (χ3v) is 6.15. The summed E-state index contributed by atoms with van der Waals surface area (Å²) in [6.45, 7) is 1.83. The lowest BCUT2D eigenvalue weighted by Crippen LogP contribution is -2.29. The second-order valence-electron chi connectivity index (χ2n) is 7.50. The Kier molecular flexibility index (Phi) is 5.13. The van der Waals surface area contributed by atoms with E-state index in [0.29, 0.717) is 44.5 Å². The molecule has 0 bridgehead atoms. The molecule has 1 fully saturated rings. The Morgan fingerprint density at radius 2 is 1.88 bits per heavy atom. The number of ketones is 1. The molecule has 2 aliphatic heterocycles. The van der Waals surface area contributed by atoms with Crippen LogP contribution in [0, 0.1) is 6.92 Å². The number of aliphatic hydroxyl groups excluding tert-OH is 1. The number of rotatable bonds is 4. The van der Waals surface area contributed by atoms with Gasteiger partial charge in [0, 0.05) is 17.3 Å². The van der Waals surface area contributed by atoms with E-state index in [-0.39, 0.29) is 18.1 Å². The van der Waals surface area contributed by atoms with E-state index in [4.69, 9.17) is 18.6 Å². The average molecular weight is 512 g/mol. The van der Waals surface area contributed by atoms with Crippen LogP contribution in [0.25, 0.3) is 5.76 Å². The second-order valence-corrected chi connectivity index (χ2v) is 8.36. The zero-order chi connectivity index (χ0) is 23.3. The van der Waals surface area contributed by atoms with E-state index in [2.05, 4.69) is 15.9 Å². The van der Waals surface area contributed by atoms with Crippen molar-refractivity contribution >= 4 is 39.1 Å². The first-order chi connectivity index (χ1) is 15.9. The smallest absolute Gasteiger partial charge is 0.300 e. The minimum absolute atomic E-state index is 0.0742. The summed E-state index contributed by atoms with van der Waals surface area (Å²) in [4.78, 5) is 27.7. The van der Waals surface area contributed by atoms with E-state index in [1.165, 1.54) is 12.0 Å². The Hall–Kier alpha value is -3.72. The van der Waals surface area contributed by atoms with E-state index >= 15 is 0 Å². The van der Waals surface area contributed by atoms with Crippen molar-refractivity contribution in [1.82, 2.24) is 0 Å². The van der Waals surface area contributed by atoms with Gasteiger partial charge in [-0.25, -0.2) is 0 Å². The van der Waals surface area contributed by atoms with Gasteiger partial charge in [-0.2, -0.15) is 0 Å². The van der Waals surface area contributed by atoms with Gasteiger partial charge in [0.15, 0.2) is 11.5 Å². The van der Waals surface area contributed by atoms with E-state index in [9.17, 15) is 14.7 Å². The zero-order valence-electron chi connectivity index (χ0n) is 17.6. The summed E-state index contributed by atoms with van der Waals surface area (Å²) >= 11 is 3.39. The molecule has 8 nitrogen and oxygen atoms in total. The predicted molar refractivity (Wildman–Crippen MR) is 121 cm³/mol. The number of Topliss-reactive ketones (excluding diaryl/α,β-unsaturated/α-hetero) is 1. The van der Waals surface area contributed by atoms with Crippen molar-refractivity contribution < 1.29 is 33.3 Å². The Bertz CT molecular complexity index is 1330. The fourth-order valence-corrected chi connectivity index (χ4v) is 4.51. The van der Waals surface area contributed by atoms with Gasteiger partial charge in [-0.05, 0) is 65.3 Å². The van der Waals surface area contributed by atoms with Crippen molar-refractivity contribution in [3.63, 3.8) is 0 Å². The Morgan fingerprint density at radius 1 is 1.09 bits per heavy atom. The largest absolute Gasteiger partial charge is 0.507 e. The maximum absolute atomic E-state index is 13.2. The number of methoxy groups -OCH3 is 1. The minimum atomic E-state index is -0.972. The minimum Gasteiger partial charge on any atom is -0.507 e. The van der Waals surface area contributed by atoms with Crippen LogP contribution in [0.1, 0.15) is 23.1 Å². The molecule has 2 aliphatic rings. The third kappa shape index (κ3) is 3.45. The van der Waals surface area contributed by atoms with Gasteiger partial charge in [0.1, 0.15) is 29.1 Å². The van der Waals surface area contributed by atoms with Gasteiger partial charge in [-0.3, -0.25) is 14.5 Å².